The van der Waals surface area contributed by atoms with Gasteiger partial charge in [0.1, 0.15) is 11.3 Å². The predicted octanol–water partition coefficient (Wildman–Crippen LogP) is 5.30. The van der Waals surface area contributed by atoms with Crippen molar-refractivity contribution in [3.63, 3.8) is 0 Å². The smallest absolute Gasteiger partial charge is 0.340 e. The van der Waals surface area contributed by atoms with E-state index < -0.39 is 12.2 Å². The van der Waals surface area contributed by atoms with Gasteiger partial charge in [0.15, 0.2) is 11.5 Å². The SMILES string of the molecule is COc1ccc([C@@H]2Oc3ccccc3[C@H]3CC(c4ccc(Cl)cc4)=NN32)c(C(=O)O)c1OC. The zero-order chi connectivity index (χ0) is 23.1. The topological polar surface area (TPSA) is 80.6 Å². The van der Waals surface area contributed by atoms with Crippen molar-refractivity contribution in [1.29, 1.82) is 0 Å². The van der Waals surface area contributed by atoms with E-state index in [4.69, 9.17) is 30.9 Å². The van der Waals surface area contributed by atoms with Crippen LogP contribution in [-0.4, -0.2) is 36.0 Å². The minimum Gasteiger partial charge on any atom is -0.493 e. The molecule has 0 aromatic heterocycles. The number of hydrogen-bond acceptors (Lipinski definition) is 6. The molecule has 7 nitrogen and oxygen atoms in total. The van der Waals surface area contributed by atoms with Crippen LogP contribution in [0.5, 0.6) is 17.2 Å². The zero-order valence-electron chi connectivity index (χ0n) is 18.0. The average molecular weight is 465 g/mol. The van der Waals surface area contributed by atoms with Gasteiger partial charge in [0.25, 0.3) is 0 Å². The molecule has 0 saturated carbocycles. The maximum absolute atomic E-state index is 12.3. The van der Waals surface area contributed by atoms with Crippen molar-refractivity contribution in [2.24, 2.45) is 5.10 Å². The summed E-state index contributed by atoms with van der Waals surface area (Å²) in [4.78, 5) is 12.3. The number of rotatable bonds is 5. The molecule has 2 atom stereocenters. The van der Waals surface area contributed by atoms with E-state index in [0.29, 0.717) is 28.5 Å². The highest BCUT2D eigenvalue weighted by Crippen LogP contribution is 2.49. The van der Waals surface area contributed by atoms with Crippen LogP contribution in [0.2, 0.25) is 5.02 Å². The molecule has 0 amide bonds. The Bertz CT molecular complexity index is 1260. The molecule has 2 aliphatic rings. The number of nitrogens with zero attached hydrogens (tertiary/aromatic N) is 2. The van der Waals surface area contributed by atoms with E-state index in [1.807, 2.05) is 53.5 Å². The minimum absolute atomic E-state index is 0.0184. The van der Waals surface area contributed by atoms with Gasteiger partial charge in [0.2, 0.25) is 6.23 Å². The van der Waals surface area contributed by atoms with E-state index in [9.17, 15) is 9.90 Å². The van der Waals surface area contributed by atoms with E-state index in [0.717, 1.165) is 16.8 Å². The number of carbonyl (C=O) groups is 1. The fraction of sp³-hybridized carbons (Fsp3) is 0.200. The van der Waals surface area contributed by atoms with E-state index >= 15 is 0 Å². The number of hydrazone groups is 1. The monoisotopic (exact) mass is 464 g/mol. The summed E-state index contributed by atoms with van der Waals surface area (Å²) in [6.45, 7) is 0. The average Bonchev–Trinajstić information content (AvgIpc) is 3.28. The van der Waals surface area contributed by atoms with Gasteiger partial charge in [-0.3, -0.25) is 0 Å². The molecule has 0 aliphatic carbocycles. The highest BCUT2D eigenvalue weighted by Gasteiger charge is 2.43. The molecule has 0 radical (unpaired) electrons. The standard InChI is InChI=1S/C25H21ClN2O5/c1-31-21-12-11-17(22(25(29)30)23(21)32-2)24-28-19(16-5-3-4-6-20(16)33-24)13-18(27-28)14-7-9-15(26)10-8-14/h3-12,19,24H,13H2,1-2H3,(H,29,30)/t19-,24+/m1/s1. The highest BCUT2D eigenvalue weighted by atomic mass is 35.5. The second-order valence-corrected chi connectivity index (χ2v) is 8.17. The summed E-state index contributed by atoms with van der Waals surface area (Å²) in [5.41, 5.74) is 3.24. The maximum Gasteiger partial charge on any atom is 0.340 e. The number of para-hydroxylation sites is 1. The van der Waals surface area contributed by atoms with Crippen LogP contribution < -0.4 is 14.2 Å². The van der Waals surface area contributed by atoms with Gasteiger partial charge < -0.3 is 19.3 Å². The minimum atomic E-state index is -1.14. The lowest BCUT2D eigenvalue weighted by molar-refractivity contribution is -0.0199. The summed E-state index contributed by atoms with van der Waals surface area (Å²) < 4.78 is 17.1. The molecule has 3 aromatic rings. The maximum atomic E-state index is 12.3. The fourth-order valence-corrected chi connectivity index (χ4v) is 4.55. The lowest BCUT2D eigenvalue weighted by atomic mass is 9.95. The number of ether oxygens (including phenoxy) is 3. The number of hydrogen-bond donors (Lipinski definition) is 1. The molecule has 2 aliphatic heterocycles. The van der Waals surface area contributed by atoms with E-state index in [1.165, 1.54) is 14.2 Å². The number of aromatic carboxylic acids is 1. The summed E-state index contributed by atoms with van der Waals surface area (Å²) in [5.74, 6) is 0.0316. The number of methoxy groups -OCH3 is 2. The molecule has 0 spiro atoms. The number of fused-ring (bicyclic) bond motifs is 3. The molecule has 0 saturated heterocycles. The third kappa shape index (κ3) is 3.54. The lowest BCUT2D eigenvalue weighted by Crippen LogP contribution is -2.34. The molecule has 8 heteroatoms. The van der Waals surface area contributed by atoms with Crippen molar-refractivity contribution >= 4 is 23.3 Å². The predicted molar refractivity (Wildman–Crippen MR) is 124 cm³/mol. The molecule has 5 rings (SSSR count). The van der Waals surface area contributed by atoms with E-state index in [2.05, 4.69) is 0 Å². The van der Waals surface area contributed by atoms with Crippen molar-refractivity contribution in [2.45, 2.75) is 18.7 Å². The normalized spacial score (nSPS) is 18.6. The van der Waals surface area contributed by atoms with Crippen LogP contribution >= 0.6 is 11.6 Å². The van der Waals surface area contributed by atoms with Gasteiger partial charge in [-0.15, -0.1) is 0 Å². The first-order valence-corrected chi connectivity index (χ1v) is 10.7. The Morgan fingerprint density at radius 2 is 1.82 bits per heavy atom. The number of carboxylic acids is 1. The molecular formula is C25H21ClN2O5. The number of benzene rings is 3. The van der Waals surface area contributed by atoms with Crippen molar-refractivity contribution in [2.75, 3.05) is 14.2 Å². The molecule has 3 aromatic carbocycles. The van der Waals surface area contributed by atoms with Crippen molar-refractivity contribution in [1.82, 2.24) is 5.01 Å². The highest BCUT2D eigenvalue weighted by molar-refractivity contribution is 6.30. The molecule has 0 fully saturated rings. The van der Waals surface area contributed by atoms with Gasteiger partial charge in [-0.25, -0.2) is 9.80 Å². The summed E-state index contributed by atoms with van der Waals surface area (Å²) in [6, 6.07) is 18.5. The molecular weight excluding hydrogens is 444 g/mol. The second-order valence-electron chi connectivity index (χ2n) is 7.73. The fourth-order valence-electron chi connectivity index (χ4n) is 4.42. The van der Waals surface area contributed by atoms with Gasteiger partial charge in [-0.2, -0.15) is 5.10 Å². The van der Waals surface area contributed by atoms with Crippen molar-refractivity contribution < 1.29 is 24.1 Å². The Morgan fingerprint density at radius 3 is 2.52 bits per heavy atom. The van der Waals surface area contributed by atoms with E-state index in [-0.39, 0.29) is 17.4 Å². The Labute approximate surface area is 195 Å². The Kier molecular flexibility index (Phi) is 5.34. The summed E-state index contributed by atoms with van der Waals surface area (Å²) in [7, 11) is 2.89. The third-order valence-electron chi connectivity index (χ3n) is 5.93. The molecule has 0 unspecified atom stereocenters. The van der Waals surface area contributed by atoms with Crippen LogP contribution in [-0.2, 0) is 0 Å². The van der Waals surface area contributed by atoms with Gasteiger partial charge >= 0.3 is 5.97 Å². The van der Waals surface area contributed by atoms with Gasteiger partial charge in [0.05, 0.1) is 26.0 Å². The molecule has 0 bridgehead atoms. The van der Waals surface area contributed by atoms with Gasteiger partial charge in [-0.1, -0.05) is 41.9 Å². The first-order valence-electron chi connectivity index (χ1n) is 10.4. The third-order valence-corrected chi connectivity index (χ3v) is 6.19. The zero-order valence-corrected chi connectivity index (χ0v) is 18.7. The van der Waals surface area contributed by atoms with Crippen LogP contribution in [0.25, 0.3) is 0 Å². The Morgan fingerprint density at radius 1 is 1.06 bits per heavy atom. The van der Waals surface area contributed by atoms with Crippen LogP contribution in [0.3, 0.4) is 0 Å². The number of carboxylic acid groups (broad SMARTS) is 1. The molecule has 168 valence electrons. The van der Waals surface area contributed by atoms with Crippen LogP contribution in [0, 0.1) is 0 Å². The summed E-state index contributed by atoms with van der Waals surface area (Å²) in [6.07, 6.45) is -0.116. The quantitative estimate of drug-likeness (QED) is 0.552. The second kappa shape index (κ2) is 8.33. The van der Waals surface area contributed by atoms with Crippen molar-refractivity contribution in [3.8, 4) is 17.2 Å². The number of halogens is 1. The first kappa shape index (κ1) is 21.2. The Hall–Kier alpha value is -3.71. The molecule has 33 heavy (non-hydrogen) atoms. The van der Waals surface area contributed by atoms with Crippen LogP contribution in [0.1, 0.15) is 45.7 Å². The van der Waals surface area contributed by atoms with Crippen molar-refractivity contribution in [3.05, 3.63) is 87.9 Å². The molecule has 1 N–H and O–H groups in total. The summed E-state index contributed by atoms with van der Waals surface area (Å²) in [5, 5.41) is 17.4. The van der Waals surface area contributed by atoms with E-state index in [1.54, 1.807) is 12.1 Å². The van der Waals surface area contributed by atoms with Crippen LogP contribution in [0.15, 0.2) is 65.8 Å². The summed E-state index contributed by atoms with van der Waals surface area (Å²) >= 11 is 6.06. The largest absolute Gasteiger partial charge is 0.493 e. The Balaban J connectivity index is 1.66. The molecule has 2 heterocycles. The van der Waals surface area contributed by atoms with Crippen LogP contribution in [0.4, 0.5) is 0 Å². The van der Waals surface area contributed by atoms with Gasteiger partial charge in [0, 0.05) is 22.6 Å². The first-order chi connectivity index (χ1) is 16.0. The lowest BCUT2D eigenvalue weighted by Gasteiger charge is -2.38. The van der Waals surface area contributed by atoms with Gasteiger partial charge in [-0.05, 0) is 35.9 Å².